The number of anilines is 1. The summed E-state index contributed by atoms with van der Waals surface area (Å²) in [5.74, 6) is -0.515. The third-order valence-corrected chi connectivity index (χ3v) is 6.24. The number of hydrogen-bond donors (Lipinski definition) is 1. The SMILES string of the molecule is COC(=O)c1ccc(NC(=O)CSc2nc(=O)n(Cc3ccncc3)c3c2CCC3)cc1. The van der Waals surface area contributed by atoms with E-state index in [-0.39, 0.29) is 17.3 Å². The molecule has 2 heterocycles. The second kappa shape index (κ2) is 9.78. The Kier molecular flexibility index (Phi) is 6.65. The van der Waals surface area contributed by atoms with E-state index < -0.39 is 5.97 Å². The molecule has 1 N–H and O–H groups in total. The van der Waals surface area contributed by atoms with E-state index in [1.54, 1.807) is 41.2 Å². The maximum Gasteiger partial charge on any atom is 0.349 e. The molecule has 0 unspecified atom stereocenters. The van der Waals surface area contributed by atoms with Gasteiger partial charge in [0.25, 0.3) is 0 Å². The van der Waals surface area contributed by atoms with Crippen LogP contribution >= 0.6 is 11.8 Å². The topological polar surface area (TPSA) is 103 Å². The van der Waals surface area contributed by atoms with Gasteiger partial charge in [0.15, 0.2) is 0 Å². The Bertz CT molecular complexity index is 1190. The Morgan fingerprint density at radius 3 is 2.59 bits per heavy atom. The Morgan fingerprint density at radius 1 is 1.12 bits per heavy atom. The lowest BCUT2D eigenvalue weighted by Crippen LogP contribution is -2.28. The van der Waals surface area contributed by atoms with E-state index >= 15 is 0 Å². The lowest BCUT2D eigenvalue weighted by Gasteiger charge is -2.14. The zero-order valence-corrected chi connectivity index (χ0v) is 18.4. The number of methoxy groups -OCH3 is 1. The van der Waals surface area contributed by atoms with E-state index in [1.807, 2.05) is 12.1 Å². The van der Waals surface area contributed by atoms with Crippen molar-refractivity contribution in [2.45, 2.75) is 30.8 Å². The van der Waals surface area contributed by atoms with Gasteiger partial charge in [-0.15, -0.1) is 0 Å². The molecule has 0 saturated carbocycles. The summed E-state index contributed by atoms with van der Waals surface area (Å²) >= 11 is 1.27. The number of rotatable bonds is 7. The van der Waals surface area contributed by atoms with Crippen LogP contribution in [0.2, 0.25) is 0 Å². The standard InChI is InChI=1S/C23H22N4O4S/c1-31-22(29)16-5-7-17(8-6-16)25-20(28)14-32-21-18-3-2-4-19(18)27(23(30)26-21)13-15-9-11-24-12-10-15/h5-12H,2-4,13-14H2,1H3,(H,25,28). The molecule has 9 heteroatoms. The van der Waals surface area contributed by atoms with E-state index in [9.17, 15) is 14.4 Å². The second-order valence-corrected chi connectivity index (χ2v) is 8.29. The van der Waals surface area contributed by atoms with Crippen LogP contribution in [-0.4, -0.2) is 39.3 Å². The fraction of sp³-hybridized carbons (Fsp3) is 0.261. The first-order valence-electron chi connectivity index (χ1n) is 10.2. The smallest absolute Gasteiger partial charge is 0.349 e. The summed E-state index contributed by atoms with van der Waals surface area (Å²) in [5.41, 5.74) is 3.74. The Balaban J connectivity index is 1.44. The summed E-state index contributed by atoms with van der Waals surface area (Å²) < 4.78 is 6.39. The lowest BCUT2D eigenvalue weighted by molar-refractivity contribution is -0.113. The average Bonchev–Trinajstić information content (AvgIpc) is 3.30. The van der Waals surface area contributed by atoms with E-state index in [0.717, 1.165) is 36.1 Å². The van der Waals surface area contributed by atoms with Gasteiger partial charge in [0.1, 0.15) is 5.03 Å². The number of aromatic nitrogens is 3. The Hall–Kier alpha value is -3.46. The van der Waals surface area contributed by atoms with Gasteiger partial charge in [0.05, 0.1) is 25.0 Å². The number of carbonyl (C=O) groups is 2. The number of carbonyl (C=O) groups excluding carboxylic acids is 2. The number of esters is 1. The van der Waals surface area contributed by atoms with E-state index in [2.05, 4.69) is 20.0 Å². The summed E-state index contributed by atoms with van der Waals surface area (Å²) in [6, 6.07) is 10.2. The molecule has 0 radical (unpaired) electrons. The van der Waals surface area contributed by atoms with Crippen LogP contribution in [0.3, 0.4) is 0 Å². The Labute approximate surface area is 189 Å². The van der Waals surface area contributed by atoms with Gasteiger partial charge in [0, 0.05) is 29.3 Å². The molecule has 0 bridgehead atoms. The molecule has 1 aliphatic rings. The molecule has 4 rings (SSSR count). The summed E-state index contributed by atoms with van der Waals surface area (Å²) in [4.78, 5) is 45.0. The highest BCUT2D eigenvalue weighted by Gasteiger charge is 2.22. The summed E-state index contributed by atoms with van der Waals surface area (Å²) in [7, 11) is 1.32. The van der Waals surface area contributed by atoms with Crippen LogP contribution in [-0.2, 0) is 28.9 Å². The highest BCUT2D eigenvalue weighted by atomic mass is 32.2. The first-order chi connectivity index (χ1) is 15.5. The minimum absolute atomic E-state index is 0.131. The molecule has 164 valence electrons. The number of ether oxygens (including phenoxy) is 1. The summed E-state index contributed by atoms with van der Waals surface area (Å²) in [5, 5.41) is 3.42. The van der Waals surface area contributed by atoms with Gasteiger partial charge in [-0.3, -0.25) is 14.3 Å². The monoisotopic (exact) mass is 450 g/mol. The number of benzene rings is 1. The number of hydrogen-bond acceptors (Lipinski definition) is 7. The molecule has 0 aliphatic heterocycles. The van der Waals surface area contributed by atoms with Crippen LogP contribution < -0.4 is 11.0 Å². The number of fused-ring (bicyclic) bond motifs is 1. The van der Waals surface area contributed by atoms with Gasteiger partial charge < -0.3 is 10.1 Å². The van der Waals surface area contributed by atoms with Crippen molar-refractivity contribution in [1.82, 2.24) is 14.5 Å². The summed E-state index contributed by atoms with van der Waals surface area (Å²) in [6.07, 6.45) is 6.05. The van der Waals surface area contributed by atoms with Crippen molar-refractivity contribution in [2.75, 3.05) is 18.2 Å². The fourth-order valence-electron chi connectivity index (χ4n) is 3.68. The number of nitrogens with zero attached hydrogens (tertiary/aromatic N) is 3. The minimum atomic E-state index is -0.433. The van der Waals surface area contributed by atoms with Crippen molar-refractivity contribution < 1.29 is 14.3 Å². The quantitative estimate of drug-likeness (QED) is 0.335. The molecule has 1 amide bonds. The van der Waals surface area contributed by atoms with Gasteiger partial charge in [-0.05, 0) is 61.2 Å². The third-order valence-electron chi connectivity index (χ3n) is 5.22. The molecule has 1 aromatic carbocycles. The average molecular weight is 451 g/mol. The van der Waals surface area contributed by atoms with Crippen LogP contribution in [0.25, 0.3) is 0 Å². The van der Waals surface area contributed by atoms with Crippen molar-refractivity contribution in [3.63, 3.8) is 0 Å². The lowest BCUT2D eigenvalue weighted by atomic mass is 10.2. The zero-order valence-electron chi connectivity index (χ0n) is 17.5. The first kappa shape index (κ1) is 21.8. The van der Waals surface area contributed by atoms with Gasteiger partial charge in [0.2, 0.25) is 5.91 Å². The fourth-order valence-corrected chi connectivity index (χ4v) is 4.55. The molecular formula is C23H22N4O4S. The predicted octanol–water partition coefficient (Wildman–Crippen LogP) is 2.69. The van der Waals surface area contributed by atoms with Crippen molar-refractivity contribution in [2.24, 2.45) is 0 Å². The molecule has 2 aromatic heterocycles. The van der Waals surface area contributed by atoms with E-state index in [0.29, 0.717) is 22.8 Å². The maximum atomic E-state index is 12.7. The number of nitrogens with one attached hydrogen (secondary N) is 1. The number of amides is 1. The largest absolute Gasteiger partial charge is 0.465 e. The van der Waals surface area contributed by atoms with Crippen molar-refractivity contribution in [3.8, 4) is 0 Å². The van der Waals surface area contributed by atoms with Gasteiger partial charge in [-0.25, -0.2) is 9.59 Å². The normalized spacial score (nSPS) is 12.3. The number of thioether (sulfide) groups is 1. The van der Waals surface area contributed by atoms with Gasteiger partial charge in [-0.2, -0.15) is 4.98 Å². The molecule has 0 spiro atoms. The molecule has 8 nitrogen and oxygen atoms in total. The third kappa shape index (κ3) is 4.88. The molecule has 1 aliphatic carbocycles. The van der Waals surface area contributed by atoms with Crippen molar-refractivity contribution in [3.05, 3.63) is 81.7 Å². The minimum Gasteiger partial charge on any atom is -0.465 e. The van der Waals surface area contributed by atoms with Crippen LogP contribution in [0, 0.1) is 0 Å². The van der Waals surface area contributed by atoms with Crippen LogP contribution in [0.4, 0.5) is 5.69 Å². The van der Waals surface area contributed by atoms with E-state index in [1.165, 1.54) is 18.9 Å². The van der Waals surface area contributed by atoms with Crippen LogP contribution in [0.1, 0.15) is 33.6 Å². The Morgan fingerprint density at radius 2 is 1.88 bits per heavy atom. The van der Waals surface area contributed by atoms with Gasteiger partial charge >= 0.3 is 11.7 Å². The first-order valence-corrected chi connectivity index (χ1v) is 11.2. The van der Waals surface area contributed by atoms with Crippen LogP contribution in [0.15, 0.2) is 58.6 Å². The molecular weight excluding hydrogens is 428 g/mol. The zero-order chi connectivity index (χ0) is 22.5. The molecule has 3 aromatic rings. The van der Waals surface area contributed by atoms with Crippen molar-refractivity contribution >= 4 is 29.3 Å². The number of pyridine rings is 1. The maximum absolute atomic E-state index is 12.7. The molecule has 0 atom stereocenters. The van der Waals surface area contributed by atoms with Crippen LogP contribution in [0.5, 0.6) is 0 Å². The summed E-state index contributed by atoms with van der Waals surface area (Å²) in [6.45, 7) is 0.462. The molecule has 0 fully saturated rings. The highest BCUT2D eigenvalue weighted by molar-refractivity contribution is 8.00. The molecule has 0 saturated heterocycles. The second-order valence-electron chi connectivity index (χ2n) is 7.33. The van der Waals surface area contributed by atoms with Gasteiger partial charge in [-0.1, -0.05) is 11.8 Å². The van der Waals surface area contributed by atoms with E-state index in [4.69, 9.17) is 0 Å². The van der Waals surface area contributed by atoms with Crippen molar-refractivity contribution in [1.29, 1.82) is 0 Å². The predicted molar refractivity (Wildman–Crippen MR) is 121 cm³/mol. The molecule has 32 heavy (non-hydrogen) atoms. The highest BCUT2D eigenvalue weighted by Crippen LogP contribution is 2.29.